The summed E-state index contributed by atoms with van der Waals surface area (Å²) in [4.78, 5) is 4.02. The van der Waals surface area contributed by atoms with Crippen LogP contribution in [0.25, 0.3) is 11.0 Å². The van der Waals surface area contributed by atoms with Crippen molar-refractivity contribution < 1.29 is 9.15 Å². The SMILES string of the molecule is COc1cccc2cc(C(C)NCc3ccncc3)oc12. The maximum absolute atomic E-state index is 5.94. The molecule has 0 aliphatic carbocycles. The maximum atomic E-state index is 5.94. The lowest BCUT2D eigenvalue weighted by atomic mass is 10.2. The fourth-order valence-corrected chi connectivity index (χ4v) is 2.30. The van der Waals surface area contributed by atoms with Gasteiger partial charge in [-0.3, -0.25) is 4.98 Å². The van der Waals surface area contributed by atoms with E-state index in [0.717, 1.165) is 29.0 Å². The molecule has 3 aromatic rings. The number of ether oxygens (including phenoxy) is 1. The lowest BCUT2D eigenvalue weighted by Crippen LogP contribution is -2.17. The molecule has 1 N–H and O–H groups in total. The number of benzene rings is 1. The third-order valence-corrected chi connectivity index (χ3v) is 3.54. The standard InChI is InChI=1S/C17H18N2O2/c1-12(19-11-13-6-8-18-9-7-13)16-10-14-4-3-5-15(20-2)17(14)21-16/h3-10,12,19H,11H2,1-2H3. The lowest BCUT2D eigenvalue weighted by molar-refractivity contribution is 0.399. The fraction of sp³-hybridized carbons (Fsp3) is 0.235. The van der Waals surface area contributed by atoms with Gasteiger partial charge in [-0.25, -0.2) is 0 Å². The molecule has 1 atom stereocenters. The third kappa shape index (κ3) is 2.90. The van der Waals surface area contributed by atoms with E-state index in [0.29, 0.717) is 0 Å². The molecule has 4 nitrogen and oxygen atoms in total. The van der Waals surface area contributed by atoms with Gasteiger partial charge in [0.15, 0.2) is 11.3 Å². The first kappa shape index (κ1) is 13.6. The average molecular weight is 282 g/mol. The van der Waals surface area contributed by atoms with Crippen LogP contribution in [0.5, 0.6) is 5.75 Å². The van der Waals surface area contributed by atoms with Crippen LogP contribution >= 0.6 is 0 Å². The average Bonchev–Trinajstić information content (AvgIpc) is 2.97. The zero-order chi connectivity index (χ0) is 14.7. The van der Waals surface area contributed by atoms with Crippen molar-refractivity contribution in [2.75, 3.05) is 7.11 Å². The van der Waals surface area contributed by atoms with Crippen LogP contribution < -0.4 is 10.1 Å². The van der Waals surface area contributed by atoms with Crippen LogP contribution in [0.4, 0.5) is 0 Å². The summed E-state index contributed by atoms with van der Waals surface area (Å²) in [7, 11) is 1.65. The number of methoxy groups -OCH3 is 1. The van der Waals surface area contributed by atoms with E-state index in [4.69, 9.17) is 9.15 Å². The molecule has 0 aliphatic rings. The highest BCUT2D eigenvalue weighted by atomic mass is 16.5. The molecule has 108 valence electrons. The minimum atomic E-state index is 0.121. The molecule has 1 unspecified atom stereocenters. The lowest BCUT2D eigenvalue weighted by Gasteiger charge is -2.11. The Morgan fingerprint density at radius 2 is 2.05 bits per heavy atom. The van der Waals surface area contributed by atoms with E-state index in [9.17, 15) is 0 Å². The van der Waals surface area contributed by atoms with Gasteiger partial charge in [-0.2, -0.15) is 0 Å². The summed E-state index contributed by atoms with van der Waals surface area (Å²) in [6.07, 6.45) is 3.60. The van der Waals surface area contributed by atoms with Gasteiger partial charge in [-0.1, -0.05) is 12.1 Å². The number of aromatic nitrogens is 1. The molecular weight excluding hydrogens is 264 g/mol. The van der Waals surface area contributed by atoms with Gasteiger partial charge in [0.05, 0.1) is 13.2 Å². The van der Waals surface area contributed by atoms with Gasteiger partial charge in [0, 0.05) is 24.3 Å². The van der Waals surface area contributed by atoms with Crippen molar-refractivity contribution in [1.29, 1.82) is 0 Å². The van der Waals surface area contributed by atoms with E-state index in [1.165, 1.54) is 5.56 Å². The van der Waals surface area contributed by atoms with Crippen LogP contribution in [-0.4, -0.2) is 12.1 Å². The van der Waals surface area contributed by atoms with E-state index in [2.05, 4.69) is 23.3 Å². The molecule has 0 saturated carbocycles. The molecule has 0 radical (unpaired) electrons. The van der Waals surface area contributed by atoms with Crippen LogP contribution in [0.1, 0.15) is 24.3 Å². The Hall–Kier alpha value is -2.33. The number of fused-ring (bicyclic) bond motifs is 1. The van der Waals surface area contributed by atoms with E-state index >= 15 is 0 Å². The largest absolute Gasteiger partial charge is 0.493 e. The van der Waals surface area contributed by atoms with Crippen molar-refractivity contribution >= 4 is 11.0 Å². The van der Waals surface area contributed by atoms with Gasteiger partial charge in [-0.05, 0) is 36.8 Å². The normalized spacial score (nSPS) is 12.5. The number of hydrogen-bond donors (Lipinski definition) is 1. The van der Waals surface area contributed by atoms with Gasteiger partial charge < -0.3 is 14.5 Å². The van der Waals surface area contributed by atoms with Gasteiger partial charge in [0.1, 0.15) is 5.76 Å². The molecule has 4 heteroatoms. The number of para-hydroxylation sites is 1. The minimum absolute atomic E-state index is 0.121. The molecule has 0 aliphatic heterocycles. The molecule has 0 spiro atoms. The number of nitrogens with one attached hydrogen (secondary N) is 1. The van der Waals surface area contributed by atoms with Crippen molar-refractivity contribution in [3.63, 3.8) is 0 Å². The van der Waals surface area contributed by atoms with E-state index in [1.54, 1.807) is 19.5 Å². The predicted octanol–water partition coefficient (Wildman–Crippen LogP) is 3.69. The van der Waals surface area contributed by atoms with Gasteiger partial charge in [0.25, 0.3) is 0 Å². The van der Waals surface area contributed by atoms with E-state index in [1.807, 2.05) is 30.3 Å². The molecule has 0 fully saturated rings. The molecule has 2 aromatic heterocycles. The topological polar surface area (TPSA) is 47.3 Å². The Kier molecular flexibility index (Phi) is 3.88. The quantitative estimate of drug-likeness (QED) is 0.775. The maximum Gasteiger partial charge on any atom is 0.176 e. The molecule has 0 bridgehead atoms. The summed E-state index contributed by atoms with van der Waals surface area (Å²) in [6.45, 7) is 2.86. The van der Waals surface area contributed by atoms with E-state index < -0.39 is 0 Å². The second kappa shape index (κ2) is 5.97. The molecular formula is C17H18N2O2. The van der Waals surface area contributed by atoms with Crippen molar-refractivity contribution in [2.24, 2.45) is 0 Å². The van der Waals surface area contributed by atoms with Crippen LogP contribution in [0.2, 0.25) is 0 Å². The summed E-state index contributed by atoms with van der Waals surface area (Å²) in [6, 6.07) is 12.1. The molecule has 21 heavy (non-hydrogen) atoms. The number of furan rings is 1. The third-order valence-electron chi connectivity index (χ3n) is 3.54. The summed E-state index contributed by atoms with van der Waals surface area (Å²) in [5.74, 6) is 1.67. The Morgan fingerprint density at radius 3 is 2.81 bits per heavy atom. The second-order valence-electron chi connectivity index (χ2n) is 4.99. The van der Waals surface area contributed by atoms with Crippen LogP contribution in [-0.2, 0) is 6.54 Å². The highest BCUT2D eigenvalue weighted by Crippen LogP contribution is 2.30. The van der Waals surface area contributed by atoms with Crippen LogP contribution in [0, 0.1) is 0 Å². The number of pyridine rings is 1. The highest BCUT2D eigenvalue weighted by Gasteiger charge is 2.13. The summed E-state index contributed by atoms with van der Waals surface area (Å²) in [5, 5.41) is 4.51. The number of hydrogen-bond acceptors (Lipinski definition) is 4. The predicted molar refractivity (Wildman–Crippen MR) is 82.3 cm³/mol. The fourth-order valence-electron chi connectivity index (χ4n) is 2.30. The molecule has 0 saturated heterocycles. The summed E-state index contributed by atoms with van der Waals surface area (Å²) in [5.41, 5.74) is 2.00. The number of nitrogens with zero attached hydrogens (tertiary/aromatic N) is 1. The van der Waals surface area contributed by atoms with Crippen molar-refractivity contribution in [2.45, 2.75) is 19.5 Å². The van der Waals surface area contributed by atoms with Crippen LogP contribution in [0.3, 0.4) is 0 Å². The Bertz CT molecular complexity index is 722. The molecule has 0 amide bonds. The molecule has 3 rings (SSSR count). The first-order chi connectivity index (χ1) is 10.3. The Morgan fingerprint density at radius 1 is 1.24 bits per heavy atom. The zero-order valence-electron chi connectivity index (χ0n) is 12.2. The van der Waals surface area contributed by atoms with Gasteiger partial charge >= 0.3 is 0 Å². The van der Waals surface area contributed by atoms with Crippen LogP contribution in [0.15, 0.2) is 53.2 Å². The molecule has 1 aromatic carbocycles. The summed E-state index contributed by atoms with van der Waals surface area (Å²) >= 11 is 0. The first-order valence-electron chi connectivity index (χ1n) is 6.96. The Balaban J connectivity index is 1.77. The monoisotopic (exact) mass is 282 g/mol. The molecule has 2 heterocycles. The smallest absolute Gasteiger partial charge is 0.176 e. The van der Waals surface area contributed by atoms with Gasteiger partial charge in [-0.15, -0.1) is 0 Å². The van der Waals surface area contributed by atoms with Crippen molar-refractivity contribution in [3.8, 4) is 5.75 Å². The Labute approximate surface area is 123 Å². The van der Waals surface area contributed by atoms with Crippen molar-refractivity contribution in [3.05, 3.63) is 60.1 Å². The second-order valence-corrected chi connectivity index (χ2v) is 4.99. The summed E-state index contributed by atoms with van der Waals surface area (Å²) < 4.78 is 11.3. The zero-order valence-corrected chi connectivity index (χ0v) is 12.2. The van der Waals surface area contributed by atoms with Crippen molar-refractivity contribution in [1.82, 2.24) is 10.3 Å². The first-order valence-corrected chi connectivity index (χ1v) is 6.96. The van der Waals surface area contributed by atoms with Gasteiger partial charge in [0.2, 0.25) is 0 Å². The highest BCUT2D eigenvalue weighted by molar-refractivity contribution is 5.83. The van der Waals surface area contributed by atoms with E-state index in [-0.39, 0.29) is 6.04 Å². The minimum Gasteiger partial charge on any atom is -0.493 e. The number of rotatable bonds is 5.